The van der Waals surface area contributed by atoms with E-state index in [1.165, 1.54) is 32.1 Å². The lowest BCUT2D eigenvalue weighted by Crippen LogP contribution is -1.82. The summed E-state index contributed by atoms with van der Waals surface area (Å²) in [6.07, 6.45) is 7.21. The van der Waals surface area contributed by atoms with Crippen molar-refractivity contribution >= 4 is 0 Å². The minimum absolute atomic E-state index is 1.05. The highest BCUT2D eigenvalue weighted by molar-refractivity contribution is 4.92. The predicted molar refractivity (Wildman–Crippen MR) is 50.6 cm³/mol. The molecule has 1 fully saturated rings. The molecule has 66 valence electrons. The summed E-state index contributed by atoms with van der Waals surface area (Å²) in [7, 11) is 0. The molecule has 0 radical (unpaired) electrons. The Hall–Kier alpha value is 0. The minimum Gasteiger partial charge on any atom is -0.0654 e. The second-order valence-corrected chi connectivity index (χ2v) is 4.09. The summed E-state index contributed by atoms with van der Waals surface area (Å²) in [6.45, 7) is 7.04. The normalized spacial score (nSPS) is 35.7. The number of hydrogen-bond donors (Lipinski definition) is 0. The van der Waals surface area contributed by atoms with Gasteiger partial charge in [-0.3, -0.25) is 0 Å². The van der Waals surface area contributed by atoms with Crippen LogP contribution < -0.4 is 0 Å². The van der Waals surface area contributed by atoms with Gasteiger partial charge in [0, 0.05) is 0 Å². The first-order valence-electron chi connectivity index (χ1n) is 5.31. The number of rotatable bonds is 5. The zero-order valence-corrected chi connectivity index (χ0v) is 8.27. The highest BCUT2D eigenvalue weighted by Crippen LogP contribution is 2.50. The largest absolute Gasteiger partial charge is 0.0654 e. The van der Waals surface area contributed by atoms with Crippen LogP contribution in [0.5, 0.6) is 0 Å². The summed E-state index contributed by atoms with van der Waals surface area (Å²) in [4.78, 5) is 0. The summed E-state index contributed by atoms with van der Waals surface area (Å²) in [6, 6.07) is 0. The maximum atomic E-state index is 2.42. The topological polar surface area (TPSA) is 0 Å². The first-order valence-corrected chi connectivity index (χ1v) is 5.31. The Kier molecular flexibility index (Phi) is 3.42. The Morgan fingerprint density at radius 2 is 1.73 bits per heavy atom. The van der Waals surface area contributed by atoms with Gasteiger partial charge in [0.25, 0.3) is 0 Å². The fourth-order valence-corrected chi connectivity index (χ4v) is 2.42. The molecule has 0 nitrogen and oxygen atoms in total. The van der Waals surface area contributed by atoms with Crippen molar-refractivity contribution in [2.45, 2.75) is 52.9 Å². The fourth-order valence-electron chi connectivity index (χ4n) is 2.42. The van der Waals surface area contributed by atoms with Gasteiger partial charge in [0.2, 0.25) is 0 Å². The van der Waals surface area contributed by atoms with Crippen molar-refractivity contribution in [1.29, 1.82) is 0 Å². The van der Waals surface area contributed by atoms with E-state index in [2.05, 4.69) is 20.8 Å². The maximum Gasteiger partial charge on any atom is -0.0355 e. The van der Waals surface area contributed by atoms with Gasteiger partial charge in [-0.05, 0) is 24.2 Å². The Morgan fingerprint density at radius 3 is 2.18 bits per heavy atom. The van der Waals surface area contributed by atoms with Gasteiger partial charge in [0.05, 0.1) is 0 Å². The van der Waals surface area contributed by atoms with Crippen molar-refractivity contribution in [2.75, 3.05) is 0 Å². The van der Waals surface area contributed by atoms with Gasteiger partial charge in [0.15, 0.2) is 0 Å². The van der Waals surface area contributed by atoms with Crippen LogP contribution in [0, 0.1) is 17.8 Å². The van der Waals surface area contributed by atoms with Crippen molar-refractivity contribution in [3.8, 4) is 0 Å². The van der Waals surface area contributed by atoms with Crippen molar-refractivity contribution in [3.63, 3.8) is 0 Å². The molecule has 1 aliphatic carbocycles. The number of hydrogen-bond acceptors (Lipinski definition) is 0. The summed E-state index contributed by atoms with van der Waals surface area (Å²) in [5.41, 5.74) is 0. The predicted octanol–water partition coefficient (Wildman–Crippen LogP) is 3.86. The van der Waals surface area contributed by atoms with Crippen molar-refractivity contribution in [3.05, 3.63) is 0 Å². The summed E-state index contributed by atoms with van der Waals surface area (Å²) in [5.74, 6) is 3.25. The lowest BCUT2D eigenvalue weighted by atomic mass is 10.1. The van der Waals surface area contributed by atoms with Gasteiger partial charge in [-0.2, -0.15) is 0 Å². The summed E-state index contributed by atoms with van der Waals surface area (Å²) < 4.78 is 0. The average molecular weight is 154 g/mol. The molecule has 0 aromatic rings. The third-order valence-electron chi connectivity index (χ3n) is 3.37. The zero-order chi connectivity index (χ0) is 8.27. The van der Waals surface area contributed by atoms with Crippen LogP contribution in [0.3, 0.4) is 0 Å². The van der Waals surface area contributed by atoms with Crippen LogP contribution in [-0.2, 0) is 0 Å². The van der Waals surface area contributed by atoms with E-state index in [0.717, 1.165) is 17.8 Å². The molecular weight excluding hydrogens is 132 g/mol. The van der Waals surface area contributed by atoms with Gasteiger partial charge in [-0.15, -0.1) is 0 Å². The lowest BCUT2D eigenvalue weighted by molar-refractivity contribution is 0.570. The molecule has 0 heteroatoms. The van der Waals surface area contributed by atoms with E-state index < -0.39 is 0 Å². The molecule has 1 saturated carbocycles. The highest BCUT2D eigenvalue weighted by Gasteiger charge is 2.43. The van der Waals surface area contributed by atoms with Crippen LogP contribution in [0.4, 0.5) is 0 Å². The molecule has 0 saturated heterocycles. The lowest BCUT2D eigenvalue weighted by Gasteiger charge is -1.96. The molecule has 0 aromatic carbocycles. The molecule has 1 rings (SSSR count). The fraction of sp³-hybridized carbons (Fsp3) is 1.00. The quantitative estimate of drug-likeness (QED) is 0.527. The van der Waals surface area contributed by atoms with Gasteiger partial charge in [-0.25, -0.2) is 0 Å². The third kappa shape index (κ3) is 2.21. The molecule has 3 unspecified atom stereocenters. The molecular formula is C11H22. The van der Waals surface area contributed by atoms with Gasteiger partial charge in [-0.1, -0.05) is 46.5 Å². The Balaban J connectivity index is 2.01. The Labute approximate surface area is 71.4 Å². The standard InChI is InChI=1S/C11H22/c1-4-6-7-8-11-9(3)10(11)5-2/h9-11H,4-8H2,1-3H3. The molecule has 11 heavy (non-hydrogen) atoms. The molecule has 0 aliphatic heterocycles. The van der Waals surface area contributed by atoms with Crippen LogP contribution in [0.25, 0.3) is 0 Å². The third-order valence-corrected chi connectivity index (χ3v) is 3.37. The monoisotopic (exact) mass is 154 g/mol. The van der Waals surface area contributed by atoms with Gasteiger partial charge in [0.1, 0.15) is 0 Å². The molecule has 1 aliphatic rings. The minimum atomic E-state index is 1.05. The van der Waals surface area contributed by atoms with E-state index in [1.807, 2.05) is 0 Å². The van der Waals surface area contributed by atoms with Crippen molar-refractivity contribution < 1.29 is 0 Å². The van der Waals surface area contributed by atoms with Gasteiger partial charge >= 0.3 is 0 Å². The van der Waals surface area contributed by atoms with E-state index in [-0.39, 0.29) is 0 Å². The molecule has 0 heterocycles. The molecule has 3 atom stereocenters. The van der Waals surface area contributed by atoms with E-state index in [9.17, 15) is 0 Å². The van der Waals surface area contributed by atoms with Crippen LogP contribution >= 0.6 is 0 Å². The first-order chi connectivity index (χ1) is 5.31. The molecule has 0 amide bonds. The SMILES string of the molecule is CCCCCC1C(C)C1CC. The van der Waals surface area contributed by atoms with Crippen LogP contribution in [0.2, 0.25) is 0 Å². The molecule has 0 N–H and O–H groups in total. The first kappa shape index (κ1) is 9.09. The van der Waals surface area contributed by atoms with E-state index in [4.69, 9.17) is 0 Å². The van der Waals surface area contributed by atoms with Crippen LogP contribution in [-0.4, -0.2) is 0 Å². The number of unbranched alkanes of at least 4 members (excludes halogenated alkanes) is 2. The van der Waals surface area contributed by atoms with E-state index >= 15 is 0 Å². The van der Waals surface area contributed by atoms with Crippen LogP contribution in [0.15, 0.2) is 0 Å². The van der Waals surface area contributed by atoms with Crippen molar-refractivity contribution in [1.82, 2.24) is 0 Å². The second-order valence-electron chi connectivity index (χ2n) is 4.09. The zero-order valence-electron chi connectivity index (χ0n) is 8.27. The van der Waals surface area contributed by atoms with E-state index in [0.29, 0.717) is 0 Å². The Bertz CT molecular complexity index is 107. The second kappa shape index (κ2) is 4.13. The highest BCUT2D eigenvalue weighted by atomic mass is 14.5. The maximum absolute atomic E-state index is 2.42. The molecule has 0 bridgehead atoms. The van der Waals surface area contributed by atoms with Gasteiger partial charge < -0.3 is 0 Å². The smallest absolute Gasteiger partial charge is 0.0355 e. The van der Waals surface area contributed by atoms with E-state index in [1.54, 1.807) is 0 Å². The average Bonchev–Trinajstić information content (AvgIpc) is 2.62. The van der Waals surface area contributed by atoms with Crippen LogP contribution in [0.1, 0.15) is 52.9 Å². The Morgan fingerprint density at radius 1 is 1.00 bits per heavy atom. The summed E-state index contributed by atoms with van der Waals surface area (Å²) >= 11 is 0. The molecule has 0 aromatic heterocycles. The summed E-state index contributed by atoms with van der Waals surface area (Å²) in [5, 5.41) is 0. The van der Waals surface area contributed by atoms with Crippen molar-refractivity contribution in [2.24, 2.45) is 17.8 Å². The molecule has 0 spiro atoms.